The highest BCUT2D eigenvalue weighted by molar-refractivity contribution is 5.94. The van der Waals surface area contributed by atoms with Crippen molar-refractivity contribution in [1.29, 1.82) is 0 Å². The fraction of sp³-hybridized carbons (Fsp3) is 0.400. The van der Waals surface area contributed by atoms with E-state index in [2.05, 4.69) is 15.5 Å². The lowest BCUT2D eigenvalue weighted by Crippen LogP contribution is -2.23. The van der Waals surface area contributed by atoms with Gasteiger partial charge in [-0.25, -0.2) is 0 Å². The normalized spacial score (nSPS) is 10.3. The summed E-state index contributed by atoms with van der Waals surface area (Å²) in [4.78, 5) is 16.2. The van der Waals surface area contributed by atoms with E-state index in [1.165, 1.54) is 0 Å². The molecule has 2 aromatic rings. The zero-order valence-electron chi connectivity index (χ0n) is 12.9. The lowest BCUT2D eigenvalue weighted by Gasteiger charge is -2.12. The van der Waals surface area contributed by atoms with Crippen LogP contribution in [0.3, 0.4) is 0 Å². The van der Waals surface area contributed by atoms with Gasteiger partial charge in [0.2, 0.25) is 5.89 Å². The van der Waals surface area contributed by atoms with E-state index in [9.17, 15) is 4.79 Å². The summed E-state index contributed by atoms with van der Waals surface area (Å²) in [7, 11) is 0. The minimum atomic E-state index is -0.244. The number of aryl methyl sites for hydroxylation is 1. The highest BCUT2D eigenvalue weighted by atomic mass is 16.5. The zero-order chi connectivity index (χ0) is 15.9. The third-order valence-electron chi connectivity index (χ3n) is 2.78. The molecule has 0 bridgehead atoms. The van der Waals surface area contributed by atoms with E-state index in [0.29, 0.717) is 42.0 Å². The maximum Gasteiger partial charge on any atom is 0.251 e. The SMILES string of the molecule is CCOc1ccc(C(=O)NCc2noc(C)n2)cc1OCC. The molecule has 0 aliphatic carbocycles. The summed E-state index contributed by atoms with van der Waals surface area (Å²) in [5.41, 5.74) is 0.479. The van der Waals surface area contributed by atoms with E-state index in [-0.39, 0.29) is 12.5 Å². The van der Waals surface area contributed by atoms with Gasteiger partial charge in [-0.3, -0.25) is 4.79 Å². The van der Waals surface area contributed by atoms with E-state index in [1.54, 1.807) is 25.1 Å². The highest BCUT2D eigenvalue weighted by Gasteiger charge is 2.12. The van der Waals surface area contributed by atoms with Crippen molar-refractivity contribution >= 4 is 5.91 Å². The van der Waals surface area contributed by atoms with Gasteiger partial charge in [-0.15, -0.1) is 0 Å². The van der Waals surface area contributed by atoms with Crippen molar-refractivity contribution in [2.24, 2.45) is 0 Å². The molecule has 118 valence electrons. The summed E-state index contributed by atoms with van der Waals surface area (Å²) >= 11 is 0. The number of hydrogen-bond donors (Lipinski definition) is 1. The number of aromatic nitrogens is 2. The summed E-state index contributed by atoms with van der Waals surface area (Å²) in [6, 6.07) is 5.07. The van der Waals surface area contributed by atoms with Crippen LogP contribution in [-0.2, 0) is 6.54 Å². The predicted molar refractivity (Wildman–Crippen MR) is 79.0 cm³/mol. The van der Waals surface area contributed by atoms with Crippen LogP contribution in [0, 0.1) is 6.92 Å². The van der Waals surface area contributed by atoms with Crippen LogP contribution in [0.4, 0.5) is 0 Å². The van der Waals surface area contributed by atoms with Crippen LogP contribution >= 0.6 is 0 Å². The van der Waals surface area contributed by atoms with Gasteiger partial charge in [0.15, 0.2) is 17.3 Å². The van der Waals surface area contributed by atoms with Gasteiger partial charge < -0.3 is 19.3 Å². The van der Waals surface area contributed by atoms with Gasteiger partial charge in [0.25, 0.3) is 5.91 Å². The van der Waals surface area contributed by atoms with Crippen LogP contribution in [0.5, 0.6) is 11.5 Å². The Labute approximate surface area is 128 Å². The molecular weight excluding hydrogens is 286 g/mol. The van der Waals surface area contributed by atoms with Crippen molar-refractivity contribution in [3.63, 3.8) is 0 Å². The molecule has 1 aromatic heterocycles. The number of carbonyl (C=O) groups excluding carboxylic acids is 1. The topological polar surface area (TPSA) is 86.5 Å². The molecule has 1 heterocycles. The summed E-state index contributed by atoms with van der Waals surface area (Å²) in [5, 5.41) is 6.45. The second kappa shape index (κ2) is 7.44. The van der Waals surface area contributed by atoms with Gasteiger partial charge in [0, 0.05) is 12.5 Å². The quantitative estimate of drug-likeness (QED) is 0.843. The summed E-state index contributed by atoms with van der Waals surface area (Å²) in [6.07, 6.45) is 0. The number of benzene rings is 1. The van der Waals surface area contributed by atoms with Crippen molar-refractivity contribution in [3.05, 3.63) is 35.5 Å². The van der Waals surface area contributed by atoms with Gasteiger partial charge in [-0.05, 0) is 32.0 Å². The molecule has 0 unspecified atom stereocenters. The fourth-order valence-corrected chi connectivity index (χ4v) is 1.87. The molecule has 22 heavy (non-hydrogen) atoms. The number of ether oxygens (including phenoxy) is 2. The molecule has 0 radical (unpaired) electrons. The second-order valence-electron chi connectivity index (χ2n) is 4.44. The van der Waals surface area contributed by atoms with Crippen LogP contribution in [-0.4, -0.2) is 29.3 Å². The van der Waals surface area contributed by atoms with E-state index >= 15 is 0 Å². The Hall–Kier alpha value is -2.57. The van der Waals surface area contributed by atoms with Crippen molar-refractivity contribution < 1.29 is 18.8 Å². The molecule has 0 saturated heterocycles. The number of nitrogens with one attached hydrogen (secondary N) is 1. The largest absolute Gasteiger partial charge is 0.490 e. The number of amides is 1. The number of nitrogens with zero attached hydrogens (tertiary/aromatic N) is 2. The van der Waals surface area contributed by atoms with E-state index < -0.39 is 0 Å². The average Bonchev–Trinajstić information content (AvgIpc) is 2.92. The molecule has 0 atom stereocenters. The molecule has 2 rings (SSSR count). The fourth-order valence-electron chi connectivity index (χ4n) is 1.87. The predicted octanol–water partition coefficient (Wildman–Crippen LogP) is 2.11. The third kappa shape index (κ3) is 3.97. The molecule has 0 aliphatic rings. The number of carbonyl (C=O) groups is 1. The maximum absolute atomic E-state index is 12.2. The third-order valence-corrected chi connectivity index (χ3v) is 2.78. The molecule has 7 nitrogen and oxygen atoms in total. The van der Waals surface area contributed by atoms with Crippen molar-refractivity contribution in [3.8, 4) is 11.5 Å². The van der Waals surface area contributed by atoms with E-state index in [0.717, 1.165) is 0 Å². The molecule has 1 N–H and O–H groups in total. The Morgan fingerprint density at radius 2 is 1.95 bits per heavy atom. The Kier molecular flexibility index (Phi) is 5.35. The zero-order valence-corrected chi connectivity index (χ0v) is 12.9. The first-order valence-electron chi connectivity index (χ1n) is 7.11. The standard InChI is InChI=1S/C15H19N3O4/c1-4-20-12-7-6-11(8-13(12)21-5-2)15(19)16-9-14-17-10(3)22-18-14/h6-8H,4-5,9H2,1-3H3,(H,16,19). The van der Waals surface area contributed by atoms with Crippen LogP contribution in [0.15, 0.2) is 22.7 Å². The number of hydrogen-bond acceptors (Lipinski definition) is 6. The number of rotatable bonds is 7. The minimum Gasteiger partial charge on any atom is -0.490 e. The molecule has 0 aliphatic heterocycles. The van der Waals surface area contributed by atoms with Crippen LogP contribution in [0.1, 0.15) is 35.9 Å². The first kappa shape index (κ1) is 15.8. The molecule has 0 fully saturated rings. The lowest BCUT2D eigenvalue weighted by molar-refractivity contribution is 0.0949. The van der Waals surface area contributed by atoms with Gasteiger partial charge in [0.1, 0.15) is 0 Å². The van der Waals surface area contributed by atoms with Crippen LogP contribution < -0.4 is 14.8 Å². The first-order chi connectivity index (χ1) is 10.6. The molecule has 1 aromatic carbocycles. The Morgan fingerprint density at radius 1 is 1.23 bits per heavy atom. The smallest absolute Gasteiger partial charge is 0.251 e. The van der Waals surface area contributed by atoms with Crippen molar-refractivity contribution in [2.75, 3.05) is 13.2 Å². The maximum atomic E-state index is 12.2. The van der Waals surface area contributed by atoms with Gasteiger partial charge >= 0.3 is 0 Å². The van der Waals surface area contributed by atoms with E-state index in [4.69, 9.17) is 14.0 Å². The molecule has 7 heteroatoms. The molecule has 0 saturated carbocycles. The summed E-state index contributed by atoms with van der Waals surface area (Å²) < 4.78 is 15.8. The Balaban J connectivity index is 2.06. The lowest BCUT2D eigenvalue weighted by atomic mass is 10.2. The average molecular weight is 305 g/mol. The molecular formula is C15H19N3O4. The van der Waals surface area contributed by atoms with Crippen molar-refractivity contribution in [2.45, 2.75) is 27.3 Å². The molecule has 1 amide bonds. The van der Waals surface area contributed by atoms with Gasteiger partial charge in [0.05, 0.1) is 19.8 Å². The van der Waals surface area contributed by atoms with Crippen LogP contribution in [0.25, 0.3) is 0 Å². The Morgan fingerprint density at radius 3 is 2.59 bits per heavy atom. The van der Waals surface area contributed by atoms with Gasteiger partial charge in [-0.2, -0.15) is 4.98 Å². The second-order valence-corrected chi connectivity index (χ2v) is 4.44. The van der Waals surface area contributed by atoms with E-state index in [1.807, 2.05) is 13.8 Å². The minimum absolute atomic E-state index is 0.202. The first-order valence-corrected chi connectivity index (χ1v) is 7.11. The molecule has 0 spiro atoms. The van der Waals surface area contributed by atoms with Gasteiger partial charge in [-0.1, -0.05) is 5.16 Å². The summed E-state index contributed by atoms with van der Waals surface area (Å²) in [6.45, 7) is 6.69. The monoisotopic (exact) mass is 305 g/mol. The summed E-state index contributed by atoms with van der Waals surface area (Å²) in [5.74, 6) is 1.82. The highest BCUT2D eigenvalue weighted by Crippen LogP contribution is 2.28. The van der Waals surface area contributed by atoms with Crippen LogP contribution in [0.2, 0.25) is 0 Å². The Bertz CT molecular complexity index is 639. The van der Waals surface area contributed by atoms with Crippen molar-refractivity contribution in [1.82, 2.24) is 15.5 Å².